The third-order valence-electron chi connectivity index (χ3n) is 4.72. The Morgan fingerprint density at radius 3 is 2.22 bits per heavy atom. The van der Waals surface area contributed by atoms with Crippen LogP contribution in [0.5, 0.6) is 11.5 Å². The van der Waals surface area contributed by atoms with Gasteiger partial charge >= 0.3 is 0 Å². The monoisotopic (exact) mass is 376 g/mol. The number of aryl methyl sites for hydroxylation is 1. The molecule has 1 aliphatic rings. The van der Waals surface area contributed by atoms with Crippen LogP contribution in [-0.4, -0.2) is 61.5 Å². The van der Waals surface area contributed by atoms with Crippen LogP contribution < -0.4 is 9.47 Å². The molecule has 6 nitrogen and oxygen atoms in total. The predicted octanol–water partition coefficient (Wildman–Crippen LogP) is 2.74. The molecular formula is C21H32N2O4. The summed E-state index contributed by atoms with van der Waals surface area (Å²) < 4.78 is 10.9. The van der Waals surface area contributed by atoms with Gasteiger partial charge in [-0.3, -0.25) is 9.59 Å². The Morgan fingerprint density at radius 1 is 1.04 bits per heavy atom. The molecule has 2 rings (SSSR count). The molecule has 0 radical (unpaired) electrons. The molecule has 6 heteroatoms. The minimum Gasteiger partial charge on any atom is -0.493 e. The lowest BCUT2D eigenvalue weighted by molar-refractivity contribution is -0.140. The van der Waals surface area contributed by atoms with Crippen LogP contribution in [0.4, 0.5) is 0 Å². The van der Waals surface area contributed by atoms with Crippen molar-refractivity contribution in [2.45, 2.75) is 40.0 Å². The Labute approximate surface area is 162 Å². The molecule has 0 saturated carbocycles. The molecule has 150 valence electrons. The number of piperazine rings is 1. The molecule has 1 fully saturated rings. The minimum atomic E-state index is 0.138. The van der Waals surface area contributed by atoms with Crippen LogP contribution in [0.1, 0.15) is 39.2 Å². The Morgan fingerprint density at radius 2 is 1.67 bits per heavy atom. The van der Waals surface area contributed by atoms with Gasteiger partial charge < -0.3 is 19.3 Å². The van der Waals surface area contributed by atoms with E-state index in [1.165, 1.54) is 0 Å². The van der Waals surface area contributed by atoms with E-state index in [9.17, 15) is 9.59 Å². The van der Waals surface area contributed by atoms with Crippen LogP contribution in [-0.2, 0) is 16.0 Å². The first-order valence-electron chi connectivity index (χ1n) is 9.79. The van der Waals surface area contributed by atoms with E-state index in [0.717, 1.165) is 11.3 Å². The fourth-order valence-corrected chi connectivity index (χ4v) is 3.24. The molecule has 0 unspecified atom stereocenters. The highest BCUT2D eigenvalue weighted by Crippen LogP contribution is 2.28. The lowest BCUT2D eigenvalue weighted by Gasteiger charge is -2.35. The van der Waals surface area contributed by atoms with Gasteiger partial charge in [-0.05, 0) is 37.0 Å². The third kappa shape index (κ3) is 6.15. The average molecular weight is 376 g/mol. The van der Waals surface area contributed by atoms with Crippen LogP contribution in [0.15, 0.2) is 18.2 Å². The Balaban J connectivity index is 1.82. The molecule has 0 spiro atoms. The molecule has 0 atom stereocenters. The third-order valence-corrected chi connectivity index (χ3v) is 4.72. The summed E-state index contributed by atoms with van der Waals surface area (Å²) in [6, 6.07) is 5.80. The van der Waals surface area contributed by atoms with Gasteiger partial charge in [-0.15, -0.1) is 0 Å². The molecule has 1 aromatic carbocycles. The van der Waals surface area contributed by atoms with Crippen molar-refractivity contribution in [1.82, 2.24) is 9.80 Å². The van der Waals surface area contributed by atoms with Crippen molar-refractivity contribution in [1.29, 1.82) is 0 Å². The highest BCUT2D eigenvalue weighted by molar-refractivity contribution is 5.78. The number of amides is 2. The second kappa shape index (κ2) is 10.2. The molecule has 0 N–H and O–H groups in total. The molecule has 0 bridgehead atoms. The summed E-state index contributed by atoms with van der Waals surface area (Å²) in [4.78, 5) is 28.4. The van der Waals surface area contributed by atoms with Gasteiger partial charge in [-0.2, -0.15) is 0 Å². The largest absolute Gasteiger partial charge is 0.493 e. The molecule has 0 aliphatic carbocycles. The summed E-state index contributed by atoms with van der Waals surface area (Å²) in [6.45, 7) is 9.12. The molecular weight excluding hydrogens is 344 g/mol. The van der Waals surface area contributed by atoms with E-state index in [2.05, 4.69) is 0 Å². The summed E-state index contributed by atoms with van der Waals surface area (Å²) in [5.41, 5.74) is 1.05. The van der Waals surface area contributed by atoms with Gasteiger partial charge in [0.1, 0.15) is 0 Å². The van der Waals surface area contributed by atoms with Crippen molar-refractivity contribution >= 4 is 11.8 Å². The van der Waals surface area contributed by atoms with Crippen molar-refractivity contribution < 1.29 is 19.1 Å². The summed E-state index contributed by atoms with van der Waals surface area (Å²) in [5.74, 6) is 2.11. The predicted molar refractivity (Wildman–Crippen MR) is 105 cm³/mol. The van der Waals surface area contributed by atoms with Crippen LogP contribution >= 0.6 is 0 Å². The zero-order chi connectivity index (χ0) is 19.8. The smallest absolute Gasteiger partial charge is 0.223 e. The molecule has 0 aromatic heterocycles. The van der Waals surface area contributed by atoms with Gasteiger partial charge in [0.05, 0.1) is 13.7 Å². The average Bonchev–Trinajstić information content (AvgIpc) is 2.66. The van der Waals surface area contributed by atoms with Gasteiger partial charge in [0, 0.05) is 39.0 Å². The quantitative estimate of drug-likeness (QED) is 0.700. The molecule has 1 heterocycles. The SMILES string of the molecule is CCOc1ccc(CCC(=O)N2CCN(C(=O)CC(C)C)CC2)cc1OC. The van der Waals surface area contributed by atoms with E-state index in [1.54, 1.807) is 7.11 Å². The number of methoxy groups -OCH3 is 1. The standard InChI is InChI=1S/C21H32N2O4/c1-5-27-18-8-6-17(15-19(18)26-4)7-9-20(24)22-10-12-23(13-11-22)21(25)14-16(2)3/h6,8,15-16H,5,7,9-14H2,1-4H3. The summed E-state index contributed by atoms with van der Waals surface area (Å²) in [6.07, 6.45) is 1.69. The maximum atomic E-state index is 12.5. The van der Waals surface area contributed by atoms with Gasteiger partial charge in [0.15, 0.2) is 11.5 Å². The summed E-state index contributed by atoms with van der Waals surface area (Å²) in [7, 11) is 1.62. The maximum absolute atomic E-state index is 12.5. The molecule has 1 saturated heterocycles. The van der Waals surface area contributed by atoms with E-state index in [1.807, 2.05) is 48.8 Å². The first kappa shape index (κ1) is 21.1. The molecule has 27 heavy (non-hydrogen) atoms. The first-order valence-corrected chi connectivity index (χ1v) is 9.79. The Hall–Kier alpha value is -2.24. The van der Waals surface area contributed by atoms with E-state index < -0.39 is 0 Å². The van der Waals surface area contributed by atoms with Crippen LogP contribution in [0, 0.1) is 5.92 Å². The Bertz CT molecular complexity index is 637. The van der Waals surface area contributed by atoms with E-state index in [4.69, 9.17) is 9.47 Å². The molecule has 2 amide bonds. The number of benzene rings is 1. The van der Waals surface area contributed by atoms with Gasteiger partial charge in [-0.1, -0.05) is 19.9 Å². The van der Waals surface area contributed by atoms with Crippen molar-refractivity contribution in [2.75, 3.05) is 39.9 Å². The minimum absolute atomic E-state index is 0.138. The van der Waals surface area contributed by atoms with Crippen LogP contribution in [0.3, 0.4) is 0 Å². The maximum Gasteiger partial charge on any atom is 0.223 e. The summed E-state index contributed by atoms with van der Waals surface area (Å²) in [5, 5.41) is 0. The van der Waals surface area contributed by atoms with E-state index in [-0.39, 0.29) is 11.8 Å². The number of hydrogen-bond acceptors (Lipinski definition) is 4. The van der Waals surface area contributed by atoms with Crippen LogP contribution in [0.2, 0.25) is 0 Å². The van der Waals surface area contributed by atoms with E-state index in [0.29, 0.717) is 63.7 Å². The van der Waals surface area contributed by atoms with E-state index >= 15 is 0 Å². The lowest BCUT2D eigenvalue weighted by atomic mass is 10.1. The van der Waals surface area contributed by atoms with Gasteiger partial charge in [-0.25, -0.2) is 0 Å². The topological polar surface area (TPSA) is 59.1 Å². The fraction of sp³-hybridized carbons (Fsp3) is 0.619. The lowest BCUT2D eigenvalue weighted by Crippen LogP contribution is -2.50. The molecule has 1 aromatic rings. The number of carbonyl (C=O) groups excluding carboxylic acids is 2. The number of carbonyl (C=O) groups is 2. The summed E-state index contributed by atoms with van der Waals surface area (Å²) >= 11 is 0. The fourth-order valence-electron chi connectivity index (χ4n) is 3.24. The number of rotatable bonds is 8. The molecule has 1 aliphatic heterocycles. The zero-order valence-electron chi connectivity index (χ0n) is 17.0. The van der Waals surface area contributed by atoms with Crippen molar-refractivity contribution in [3.63, 3.8) is 0 Å². The van der Waals surface area contributed by atoms with Gasteiger partial charge in [0.25, 0.3) is 0 Å². The second-order valence-electron chi connectivity index (χ2n) is 7.28. The zero-order valence-corrected chi connectivity index (χ0v) is 17.0. The number of ether oxygens (including phenoxy) is 2. The highest BCUT2D eigenvalue weighted by atomic mass is 16.5. The normalized spacial score (nSPS) is 14.4. The van der Waals surface area contributed by atoms with Crippen molar-refractivity contribution in [3.05, 3.63) is 23.8 Å². The first-order chi connectivity index (χ1) is 12.9. The van der Waals surface area contributed by atoms with Crippen molar-refractivity contribution in [2.24, 2.45) is 5.92 Å². The number of hydrogen-bond donors (Lipinski definition) is 0. The Kier molecular flexibility index (Phi) is 7.95. The van der Waals surface area contributed by atoms with Crippen molar-refractivity contribution in [3.8, 4) is 11.5 Å². The number of nitrogens with zero attached hydrogens (tertiary/aromatic N) is 2. The van der Waals surface area contributed by atoms with Crippen LogP contribution in [0.25, 0.3) is 0 Å². The second-order valence-corrected chi connectivity index (χ2v) is 7.28. The highest BCUT2D eigenvalue weighted by Gasteiger charge is 2.24. The van der Waals surface area contributed by atoms with Gasteiger partial charge in [0.2, 0.25) is 11.8 Å².